The fourth-order valence-electron chi connectivity index (χ4n) is 2.49. The Morgan fingerprint density at radius 3 is 1.65 bits per heavy atom. The monoisotopic (exact) mass is 430 g/mol. The number of ether oxygens (including phenoxy) is 1. The number of aliphatic hydroxyl groups is 2. The summed E-state index contributed by atoms with van der Waals surface area (Å²) in [6, 6.07) is 0. The van der Waals surface area contributed by atoms with Crippen LogP contribution in [0.25, 0.3) is 0 Å². The number of carbonyl (C=O) groups is 1. The van der Waals surface area contributed by atoms with Crippen LogP contribution in [0.3, 0.4) is 0 Å². The van der Waals surface area contributed by atoms with Gasteiger partial charge in [0, 0.05) is 6.42 Å². The molecular formula is C27H42O4. The summed E-state index contributed by atoms with van der Waals surface area (Å²) in [5.41, 5.74) is 0. The molecule has 1 atom stereocenters. The van der Waals surface area contributed by atoms with E-state index in [0.717, 1.165) is 57.8 Å². The Balaban J connectivity index is 3.53. The van der Waals surface area contributed by atoms with Crippen molar-refractivity contribution in [1.82, 2.24) is 0 Å². The van der Waals surface area contributed by atoms with E-state index in [2.05, 4.69) is 79.8 Å². The minimum absolute atomic E-state index is 0.136. The molecule has 0 saturated carbocycles. The van der Waals surface area contributed by atoms with E-state index >= 15 is 0 Å². The van der Waals surface area contributed by atoms with Gasteiger partial charge in [0.05, 0.1) is 6.61 Å². The molecule has 0 bridgehead atoms. The van der Waals surface area contributed by atoms with E-state index in [1.807, 2.05) is 0 Å². The molecule has 0 fully saturated rings. The molecule has 0 aromatic carbocycles. The summed E-state index contributed by atoms with van der Waals surface area (Å²) in [7, 11) is 0. The molecule has 174 valence electrons. The molecule has 0 saturated heterocycles. The van der Waals surface area contributed by atoms with Crippen LogP contribution in [0.5, 0.6) is 0 Å². The quantitative estimate of drug-likeness (QED) is 0.147. The zero-order valence-electron chi connectivity index (χ0n) is 19.2. The molecule has 4 heteroatoms. The van der Waals surface area contributed by atoms with Crippen molar-refractivity contribution in [3.63, 3.8) is 0 Å². The van der Waals surface area contributed by atoms with Gasteiger partial charge in [0.2, 0.25) is 0 Å². The van der Waals surface area contributed by atoms with Crippen LogP contribution in [-0.2, 0) is 9.53 Å². The zero-order valence-corrected chi connectivity index (χ0v) is 19.2. The van der Waals surface area contributed by atoms with Crippen molar-refractivity contribution < 1.29 is 19.7 Å². The van der Waals surface area contributed by atoms with Gasteiger partial charge in [-0.25, -0.2) is 0 Å². The molecule has 0 unspecified atom stereocenters. The molecule has 0 aromatic rings. The Bertz CT molecular complexity index is 582. The lowest BCUT2D eigenvalue weighted by atomic mass is 10.2. The summed E-state index contributed by atoms with van der Waals surface area (Å²) in [4.78, 5) is 11.4. The van der Waals surface area contributed by atoms with E-state index < -0.39 is 12.7 Å². The van der Waals surface area contributed by atoms with Crippen molar-refractivity contribution in [2.45, 2.75) is 77.2 Å². The predicted molar refractivity (Wildman–Crippen MR) is 131 cm³/mol. The Hall–Kier alpha value is -2.17. The van der Waals surface area contributed by atoms with Crippen molar-refractivity contribution in [1.29, 1.82) is 0 Å². The Morgan fingerprint density at radius 2 is 1.19 bits per heavy atom. The lowest BCUT2D eigenvalue weighted by molar-refractivity contribution is -0.147. The largest absolute Gasteiger partial charge is 0.463 e. The molecule has 0 aliphatic heterocycles. The first-order valence-corrected chi connectivity index (χ1v) is 11.5. The molecule has 31 heavy (non-hydrogen) atoms. The number of carbonyl (C=O) groups excluding carboxylic acids is 1. The summed E-state index contributed by atoms with van der Waals surface area (Å²) in [5, 5.41) is 17.7. The van der Waals surface area contributed by atoms with Gasteiger partial charge in [-0.3, -0.25) is 4.79 Å². The predicted octanol–water partition coefficient (Wildman–Crippen LogP) is 6.14. The number of hydrogen-bond donors (Lipinski definition) is 2. The molecule has 0 aliphatic rings. The number of allylic oxidation sites excluding steroid dienone is 12. The third-order valence-electron chi connectivity index (χ3n) is 4.25. The summed E-state index contributed by atoms with van der Waals surface area (Å²) >= 11 is 0. The second-order valence-electron chi connectivity index (χ2n) is 7.18. The molecule has 0 rings (SSSR count). The topological polar surface area (TPSA) is 66.8 Å². The lowest BCUT2D eigenvalue weighted by Gasteiger charge is -2.07. The molecule has 4 nitrogen and oxygen atoms in total. The molecule has 2 N–H and O–H groups in total. The van der Waals surface area contributed by atoms with Crippen LogP contribution in [0.4, 0.5) is 0 Å². The van der Waals surface area contributed by atoms with Crippen LogP contribution in [0.2, 0.25) is 0 Å². The van der Waals surface area contributed by atoms with Crippen LogP contribution in [0.15, 0.2) is 72.9 Å². The molecule has 0 amide bonds. The van der Waals surface area contributed by atoms with Gasteiger partial charge in [0.1, 0.15) is 12.7 Å². The van der Waals surface area contributed by atoms with E-state index in [0.29, 0.717) is 6.42 Å². The summed E-state index contributed by atoms with van der Waals surface area (Å²) < 4.78 is 4.85. The van der Waals surface area contributed by atoms with Crippen molar-refractivity contribution in [3.05, 3.63) is 72.9 Å². The highest BCUT2D eigenvalue weighted by Crippen LogP contribution is 2.03. The fourth-order valence-corrected chi connectivity index (χ4v) is 2.49. The molecule has 0 aromatic heterocycles. The number of aliphatic hydroxyl groups excluding tert-OH is 2. The third kappa shape index (κ3) is 24.0. The Morgan fingerprint density at radius 1 is 0.742 bits per heavy atom. The maximum Gasteiger partial charge on any atom is 0.305 e. The highest BCUT2D eigenvalue weighted by atomic mass is 16.5. The van der Waals surface area contributed by atoms with Crippen molar-refractivity contribution in [2.24, 2.45) is 0 Å². The lowest BCUT2D eigenvalue weighted by Crippen LogP contribution is -2.21. The van der Waals surface area contributed by atoms with Gasteiger partial charge in [-0.15, -0.1) is 0 Å². The van der Waals surface area contributed by atoms with Crippen molar-refractivity contribution in [2.75, 3.05) is 13.2 Å². The van der Waals surface area contributed by atoms with E-state index in [1.54, 1.807) is 0 Å². The average Bonchev–Trinajstić information content (AvgIpc) is 2.78. The van der Waals surface area contributed by atoms with Gasteiger partial charge in [0.25, 0.3) is 0 Å². The van der Waals surface area contributed by atoms with Gasteiger partial charge in [-0.05, 0) is 57.8 Å². The smallest absolute Gasteiger partial charge is 0.305 e. The maximum atomic E-state index is 11.4. The molecular weight excluding hydrogens is 388 g/mol. The first-order chi connectivity index (χ1) is 15.2. The number of hydrogen-bond acceptors (Lipinski definition) is 4. The fraction of sp³-hybridized carbons (Fsp3) is 0.519. The van der Waals surface area contributed by atoms with Crippen LogP contribution in [0, 0.1) is 0 Å². The average molecular weight is 431 g/mol. The molecule has 0 aliphatic carbocycles. The minimum atomic E-state index is -0.983. The van der Waals surface area contributed by atoms with Gasteiger partial charge in [-0.1, -0.05) is 79.8 Å². The highest BCUT2D eigenvalue weighted by molar-refractivity contribution is 5.69. The summed E-state index contributed by atoms with van der Waals surface area (Å²) in [6.07, 6.45) is 34.2. The zero-order chi connectivity index (χ0) is 22.8. The molecule has 0 heterocycles. The van der Waals surface area contributed by atoms with Crippen molar-refractivity contribution >= 4 is 5.97 Å². The summed E-state index contributed by atoms with van der Waals surface area (Å²) in [5.74, 6) is -0.324. The third-order valence-corrected chi connectivity index (χ3v) is 4.25. The number of unbranched alkanes of at least 4 members (excludes halogenated alkanes) is 2. The molecule has 0 radical (unpaired) electrons. The minimum Gasteiger partial charge on any atom is -0.463 e. The van der Waals surface area contributed by atoms with Crippen LogP contribution < -0.4 is 0 Å². The SMILES string of the molecule is CCC=CCC=CCC=CCC=CCC=CCC=CCCCCC(=O)OC[C@@H](O)CO. The first kappa shape index (κ1) is 28.8. The summed E-state index contributed by atoms with van der Waals surface area (Å²) in [6.45, 7) is 1.62. The van der Waals surface area contributed by atoms with E-state index in [-0.39, 0.29) is 12.6 Å². The van der Waals surface area contributed by atoms with Crippen LogP contribution >= 0.6 is 0 Å². The second-order valence-corrected chi connectivity index (χ2v) is 7.18. The van der Waals surface area contributed by atoms with Crippen LogP contribution in [0.1, 0.15) is 71.1 Å². The number of esters is 1. The second kappa shape index (κ2) is 24.1. The van der Waals surface area contributed by atoms with Crippen molar-refractivity contribution in [3.8, 4) is 0 Å². The van der Waals surface area contributed by atoms with E-state index in [4.69, 9.17) is 14.9 Å². The standard InChI is InChI=1S/C27H42O4/c1-2-3-4-5-6-7-8-9-10-11-12-13-14-15-16-17-18-19-20-21-22-23-27(30)31-25-26(29)24-28/h3-4,6-7,9-10,12-13,15-16,18-19,26,28-29H,2,5,8,11,14,17,20-25H2,1H3/t26-/m0/s1. The van der Waals surface area contributed by atoms with Gasteiger partial charge in [-0.2, -0.15) is 0 Å². The normalized spacial score (nSPS) is 13.8. The van der Waals surface area contributed by atoms with E-state index in [1.165, 1.54) is 0 Å². The number of rotatable bonds is 19. The van der Waals surface area contributed by atoms with Gasteiger partial charge >= 0.3 is 5.97 Å². The Kier molecular flexibility index (Phi) is 22.4. The maximum absolute atomic E-state index is 11.4. The van der Waals surface area contributed by atoms with Gasteiger partial charge in [0.15, 0.2) is 0 Å². The van der Waals surface area contributed by atoms with Gasteiger partial charge < -0.3 is 14.9 Å². The highest BCUT2D eigenvalue weighted by Gasteiger charge is 2.06. The molecule has 0 spiro atoms. The first-order valence-electron chi connectivity index (χ1n) is 11.5. The Labute approximate surface area is 189 Å². The van der Waals surface area contributed by atoms with Crippen LogP contribution in [-0.4, -0.2) is 35.5 Å². The van der Waals surface area contributed by atoms with E-state index in [9.17, 15) is 4.79 Å².